The van der Waals surface area contributed by atoms with E-state index in [0.29, 0.717) is 0 Å². The molecule has 0 saturated heterocycles. The van der Waals surface area contributed by atoms with Crippen molar-refractivity contribution >= 4 is 0 Å². The lowest BCUT2D eigenvalue weighted by Crippen LogP contribution is -2.14. The zero-order chi connectivity index (χ0) is 11.2. The molecule has 0 unspecified atom stereocenters. The van der Waals surface area contributed by atoms with Crippen molar-refractivity contribution in [1.29, 1.82) is 0 Å². The first-order chi connectivity index (χ1) is 7.84. The smallest absolute Gasteiger partial charge is 0.0544 e. The summed E-state index contributed by atoms with van der Waals surface area (Å²) in [4.78, 5) is 8.67. The number of rotatable bonds is 4. The van der Waals surface area contributed by atoms with Gasteiger partial charge in [-0.25, -0.2) is 0 Å². The van der Waals surface area contributed by atoms with Crippen molar-refractivity contribution < 1.29 is 0 Å². The van der Waals surface area contributed by atoms with E-state index in [9.17, 15) is 0 Å². The fourth-order valence-electron chi connectivity index (χ4n) is 1.52. The summed E-state index contributed by atoms with van der Waals surface area (Å²) < 4.78 is 0. The minimum absolute atomic E-state index is 0.774. The van der Waals surface area contributed by atoms with Gasteiger partial charge in [-0.2, -0.15) is 0 Å². The Morgan fingerprint density at radius 3 is 2.56 bits per heavy atom. The van der Waals surface area contributed by atoms with Crippen LogP contribution in [0.25, 0.3) is 0 Å². The second kappa shape index (κ2) is 5.37. The summed E-state index contributed by atoms with van der Waals surface area (Å²) in [6.07, 6.45) is 1.81. The molecule has 2 aromatic heterocycles. The summed E-state index contributed by atoms with van der Waals surface area (Å²) in [7, 11) is 0. The Labute approximate surface area is 95.6 Å². The Morgan fingerprint density at radius 1 is 1.00 bits per heavy atom. The van der Waals surface area contributed by atoms with Crippen LogP contribution in [0.3, 0.4) is 0 Å². The molecule has 0 saturated carbocycles. The van der Waals surface area contributed by atoms with E-state index >= 15 is 0 Å². The van der Waals surface area contributed by atoms with Gasteiger partial charge in [-0.15, -0.1) is 0 Å². The van der Waals surface area contributed by atoms with Crippen molar-refractivity contribution in [2.45, 2.75) is 20.0 Å². The first kappa shape index (κ1) is 10.8. The number of hydrogen-bond donors (Lipinski definition) is 1. The van der Waals surface area contributed by atoms with Gasteiger partial charge in [0.1, 0.15) is 0 Å². The molecule has 0 bridgehead atoms. The van der Waals surface area contributed by atoms with E-state index in [4.69, 9.17) is 0 Å². The highest BCUT2D eigenvalue weighted by atomic mass is 14.9. The lowest BCUT2D eigenvalue weighted by atomic mass is 10.3. The van der Waals surface area contributed by atoms with E-state index in [1.165, 1.54) is 0 Å². The van der Waals surface area contributed by atoms with Gasteiger partial charge in [0.15, 0.2) is 0 Å². The van der Waals surface area contributed by atoms with Crippen molar-refractivity contribution in [1.82, 2.24) is 15.3 Å². The fraction of sp³-hybridized carbons (Fsp3) is 0.231. The summed E-state index contributed by atoms with van der Waals surface area (Å²) in [6.45, 7) is 3.55. The van der Waals surface area contributed by atoms with E-state index in [-0.39, 0.29) is 0 Å². The number of pyridine rings is 2. The third-order valence-corrected chi connectivity index (χ3v) is 2.28. The van der Waals surface area contributed by atoms with Crippen LogP contribution in [-0.2, 0) is 13.1 Å². The second-order valence-electron chi connectivity index (χ2n) is 3.69. The van der Waals surface area contributed by atoms with Crippen molar-refractivity contribution in [2.75, 3.05) is 0 Å². The molecule has 2 rings (SSSR count). The summed E-state index contributed by atoms with van der Waals surface area (Å²) in [5.41, 5.74) is 3.17. The number of hydrogen-bond acceptors (Lipinski definition) is 3. The second-order valence-corrected chi connectivity index (χ2v) is 3.69. The topological polar surface area (TPSA) is 37.8 Å². The maximum Gasteiger partial charge on any atom is 0.0544 e. The molecule has 16 heavy (non-hydrogen) atoms. The normalized spacial score (nSPS) is 10.3. The summed E-state index contributed by atoms with van der Waals surface area (Å²) in [5, 5.41) is 3.32. The Kier molecular flexibility index (Phi) is 3.62. The molecule has 2 aromatic rings. The number of nitrogens with one attached hydrogen (secondary N) is 1. The maximum absolute atomic E-state index is 4.42. The van der Waals surface area contributed by atoms with Crippen LogP contribution in [0.4, 0.5) is 0 Å². The highest BCUT2D eigenvalue weighted by Gasteiger charge is 1.95. The lowest BCUT2D eigenvalue weighted by molar-refractivity contribution is 0.666. The van der Waals surface area contributed by atoms with Crippen LogP contribution in [0, 0.1) is 6.92 Å². The van der Waals surface area contributed by atoms with Crippen LogP contribution in [0.2, 0.25) is 0 Å². The van der Waals surface area contributed by atoms with Crippen LogP contribution in [0.5, 0.6) is 0 Å². The predicted octanol–water partition coefficient (Wildman–Crippen LogP) is 2.07. The summed E-state index contributed by atoms with van der Waals surface area (Å²) in [5.74, 6) is 0. The first-order valence-corrected chi connectivity index (χ1v) is 5.38. The molecular formula is C13H15N3. The number of nitrogens with zero attached hydrogens (tertiary/aromatic N) is 2. The van der Waals surface area contributed by atoms with E-state index in [2.05, 4.69) is 15.3 Å². The van der Waals surface area contributed by atoms with Gasteiger partial charge in [0.05, 0.1) is 11.4 Å². The lowest BCUT2D eigenvalue weighted by Gasteiger charge is -2.04. The highest BCUT2D eigenvalue weighted by Crippen LogP contribution is 1.98. The Hall–Kier alpha value is -1.74. The van der Waals surface area contributed by atoms with Gasteiger partial charge in [0, 0.05) is 25.0 Å². The van der Waals surface area contributed by atoms with Gasteiger partial charge in [0.25, 0.3) is 0 Å². The molecule has 3 nitrogen and oxygen atoms in total. The molecule has 1 N–H and O–H groups in total. The molecule has 0 atom stereocenters. The molecule has 2 heterocycles. The van der Waals surface area contributed by atoms with Gasteiger partial charge >= 0.3 is 0 Å². The fourth-order valence-corrected chi connectivity index (χ4v) is 1.52. The average Bonchev–Trinajstić information content (AvgIpc) is 2.30. The van der Waals surface area contributed by atoms with E-state index in [1.807, 2.05) is 49.5 Å². The van der Waals surface area contributed by atoms with Crippen molar-refractivity contribution in [3.8, 4) is 0 Å². The zero-order valence-corrected chi connectivity index (χ0v) is 9.35. The zero-order valence-electron chi connectivity index (χ0n) is 9.35. The summed E-state index contributed by atoms with van der Waals surface area (Å²) in [6, 6.07) is 12.0. The predicted molar refractivity (Wildman–Crippen MR) is 63.8 cm³/mol. The number of aromatic nitrogens is 2. The van der Waals surface area contributed by atoms with E-state index in [1.54, 1.807) is 0 Å². The minimum Gasteiger partial charge on any atom is -0.306 e. The van der Waals surface area contributed by atoms with Crippen molar-refractivity contribution in [2.24, 2.45) is 0 Å². The van der Waals surface area contributed by atoms with Gasteiger partial charge < -0.3 is 5.32 Å². The largest absolute Gasteiger partial charge is 0.306 e. The molecule has 0 aromatic carbocycles. The van der Waals surface area contributed by atoms with E-state index in [0.717, 1.165) is 30.2 Å². The van der Waals surface area contributed by atoms with Gasteiger partial charge in [-0.1, -0.05) is 12.1 Å². The molecule has 82 valence electrons. The molecule has 0 fully saturated rings. The third-order valence-electron chi connectivity index (χ3n) is 2.28. The van der Waals surface area contributed by atoms with Gasteiger partial charge in [0.2, 0.25) is 0 Å². The third kappa shape index (κ3) is 3.14. The summed E-state index contributed by atoms with van der Waals surface area (Å²) >= 11 is 0. The molecule has 0 aliphatic carbocycles. The van der Waals surface area contributed by atoms with Crippen LogP contribution in [0.15, 0.2) is 42.6 Å². The number of aryl methyl sites for hydroxylation is 1. The monoisotopic (exact) mass is 213 g/mol. The highest BCUT2D eigenvalue weighted by molar-refractivity contribution is 5.10. The maximum atomic E-state index is 4.42. The molecule has 0 amide bonds. The SMILES string of the molecule is Cc1cccc(CNCc2ccccn2)n1. The molecule has 0 aliphatic heterocycles. The van der Waals surface area contributed by atoms with Crippen LogP contribution in [0.1, 0.15) is 17.1 Å². The molecule has 0 aliphatic rings. The quantitative estimate of drug-likeness (QED) is 0.845. The first-order valence-electron chi connectivity index (χ1n) is 5.38. The van der Waals surface area contributed by atoms with Gasteiger partial charge in [-0.05, 0) is 31.2 Å². The molecule has 0 spiro atoms. The standard InChI is InChI=1S/C13H15N3/c1-11-5-4-7-13(16-11)10-14-9-12-6-2-3-8-15-12/h2-8,14H,9-10H2,1H3. The van der Waals surface area contributed by atoms with Gasteiger partial charge in [-0.3, -0.25) is 9.97 Å². The average molecular weight is 213 g/mol. The van der Waals surface area contributed by atoms with E-state index < -0.39 is 0 Å². The van der Waals surface area contributed by atoms with Crippen molar-refractivity contribution in [3.63, 3.8) is 0 Å². The Morgan fingerprint density at radius 2 is 1.81 bits per heavy atom. The Bertz CT molecular complexity index is 440. The molecule has 3 heteroatoms. The molecular weight excluding hydrogens is 198 g/mol. The van der Waals surface area contributed by atoms with Crippen LogP contribution < -0.4 is 5.32 Å². The van der Waals surface area contributed by atoms with Crippen LogP contribution in [-0.4, -0.2) is 9.97 Å². The van der Waals surface area contributed by atoms with Crippen LogP contribution >= 0.6 is 0 Å². The minimum atomic E-state index is 0.774. The molecule has 0 radical (unpaired) electrons. The Balaban J connectivity index is 1.85. The van der Waals surface area contributed by atoms with Crippen molar-refractivity contribution in [3.05, 3.63) is 59.7 Å².